The fourth-order valence-corrected chi connectivity index (χ4v) is 7.26. The number of thiazole rings is 1. The Balaban J connectivity index is 1.72. The number of nitrogens with zero attached hydrogens (tertiary/aromatic N) is 2. The molecule has 1 aliphatic heterocycles. The van der Waals surface area contributed by atoms with Gasteiger partial charge in [0.15, 0.2) is 4.34 Å². The number of rotatable bonds is 4. The molecule has 0 saturated heterocycles. The first-order valence-corrected chi connectivity index (χ1v) is 11.6. The quantitative estimate of drug-likeness (QED) is 0.396. The van der Waals surface area contributed by atoms with Crippen molar-refractivity contribution in [3.63, 3.8) is 0 Å². The summed E-state index contributed by atoms with van der Waals surface area (Å²) in [5.41, 5.74) is 2.65. The molecular weight excluding hydrogens is 475 g/mol. The predicted molar refractivity (Wildman–Crippen MR) is 115 cm³/mol. The van der Waals surface area contributed by atoms with E-state index in [1.807, 2.05) is 24.3 Å². The largest absolute Gasteiger partial charge is 0.550 e. The van der Waals surface area contributed by atoms with Crippen LogP contribution >= 0.6 is 39.0 Å². The van der Waals surface area contributed by atoms with Gasteiger partial charge < -0.3 is 14.5 Å². The fourth-order valence-electron chi connectivity index (χ4n) is 4.13. The molecule has 0 saturated carbocycles. The first-order chi connectivity index (χ1) is 13.9. The van der Waals surface area contributed by atoms with Gasteiger partial charge >= 0.3 is 0 Å². The van der Waals surface area contributed by atoms with Crippen molar-refractivity contribution in [3.8, 4) is 0 Å². The minimum atomic E-state index is -1.06. The molecule has 0 aliphatic carbocycles. The third-order valence-corrected chi connectivity index (χ3v) is 8.37. The molecule has 148 valence electrons. The highest BCUT2D eigenvalue weighted by Crippen LogP contribution is 2.50. The van der Waals surface area contributed by atoms with Crippen LogP contribution < -0.4 is 5.11 Å². The number of hydrogen-bond acceptors (Lipinski definition) is 5. The number of hydrogen-bond donors (Lipinski definition) is 0. The molecule has 0 spiro atoms. The van der Waals surface area contributed by atoms with Crippen molar-refractivity contribution < 1.29 is 14.3 Å². The Morgan fingerprint density at radius 3 is 2.97 bits per heavy atom. The number of carboxylic acid groups (broad SMARTS) is 1. The maximum absolute atomic E-state index is 14.2. The van der Waals surface area contributed by atoms with E-state index >= 15 is 0 Å². The van der Waals surface area contributed by atoms with Crippen molar-refractivity contribution >= 4 is 66.1 Å². The molecule has 5 rings (SSSR count). The van der Waals surface area contributed by atoms with Gasteiger partial charge in [-0.15, -0.1) is 11.3 Å². The molecule has 0 radical (unpaired) electrons. The zero-order chi connectivity index (χ0) is 20.3. The van der Waals surface area contributed by atoms with Crippen molar-refractivity contribution in [2.45, 2.75) is 35.0 Å². The summed E-state index contributed by atoms with van der Waals surface area (Å²) in [4.78, 5) is 17.3. The van der Waals surface area contributed by atoms with Crippen molar-refractivity contribution in [2.24, 2.45) is 5.92 Å². The Kier molecular flexibility index (Phi) is 4.68. The maximum atomic E-state index is 14.2. The van der Waals surface area contributed by atoms with Gasteiger partial charge in [0.1, 0.15) is 5.82 Å². The number of aliphatic carboxylic acids is 1. The van der Waals surface area contributed by atoms with E-state index in [2.05, 4.69) is 20.5 Å². The van der Waals surface area contributed by atoms with Gasteiger partial charge in [-0.3, -0.25) is 0 Å². The van der Waals surface area contributed by atoms with Crippen LogP contribution in [0, 0.1) is 11.7 Å². The topological polar surface area (TPSA) is 57.9 Å². The average Bonchev–Trinajstić information content (AvgIpc) is 3.35. The van der Waals surface area contributed by atoms with Crippen molar-refractivity contribution in [1.82, 2.24) is 9.55 Å². The van der Waals surface area contributed by atoms with Crippen LogP contribution in [-0.2, 0) is 11.3 Å². The first-order valence-electron chi connectivity index (χ1n) is 9.19. The number of carboxylic acids is 1. The van der Waals surface area contributed by atoms with Gasteiger partial charge in [0.2, 0.25) is 0 Å². The summed E-state index contributed by atoms with van der Waals surface area (Å²) in [5.74, 6) is -2.19. The van der Waals surface area contributed by atoms with E-state index in [4.69, 9.17) is 4.98 Å². The van der Waals surface area contributed by atoms with Crippen LogP contribution in [0.4, 0.5) is 4.39 Å². The van der Waals surface area contributed by atoms with Gasteiger partial charge in [-0.1, -0.05) is 30.8 Å². The lowest BCUT2D eigenvalue weighted by Gasteiger charge is -2.21. The van der Waals surface area contributed by atoms with E-state index in [1.165, 1.54) is 23.9 Å². The number of carbonyl (C=O) groups excluding carboxylic acids is 1. The predicted octanol–water partition coefficient (Wildman–Crippen LogP) is 5.18. The van der Waals surface area contributed by atoms with Gasteiger partial charge in [-0.2, -0.15) is 0 Å². The van der Waals surface area contributed by atoms with Crippen LogP contribution in [-0.4, -0.2) is 15.5 Å². The van der Waals surface area contributed by atoms with Gasteiger partial charge in [-0.05, 0) is 46.6 Å². The molecule has 0 N–H and O–H groups in total. The van der Waals surface area contributed by atoms with E-state index < -0.39 is 11.9 Å². The van der Waals surface area contributed by atoms with Crippen LogP contribution in [0.1, 0.15) is 25.0 Å². The second-order valence-corrected chi connectivity index (χ2v) is 10.3. The Morgan fingerprint density at radius 1 is 1.41 bits per heavy atom. The summed E-state index contributed by atoms with van der Waals surface area (Å²) in [7, 11) is 0. The molecule has 2 atom stereocenters. The second-order valence-electron chi connectivity index (χ2n) is 7.20. The summed E-state index contributed by atoms with van der Waals surface area (Å²) in [5, 5.41) is 12.5. The summed E-state index contributed by atoms with van der Waals surface area (Å²) in [6.45, 7) is 2.35. The van der Waals surface area contributed by atoms with Gasteiger partial charge in [0, 0.05) is 44.8 Å². The van der Waals surface area contributed by atoms with Crippen LogP contribution in [0.2, 0.25) is 0 Å². The van der Waals surface area contributed by atoms with Crippen LogP contribution in [0.25, 0.3) is 21.1 Å². The van der Waals surface area contributed by atoms with E-state index in [-0.39, 0.29) is 11.7 Å². The zero-order valence-corrected chi connectivity index (χ0v) is 18.5. The number of para-hydroxylation sites is 1. The number of benzene rings is 2. The SMILES string of the molecule is CC(C(=O)[O-])C1CCn2c1c(Sc1nc3ccccc3s1)c1c(Br)cc(F)cc12. The normalized spacial score (nSPS) is 17.1. The maximum Gasteiger partial charge on any atom is 0.155 e. The number of fused-ring (bicyclic) bond motifs is 4. The average molecular weight is 490 g/mol. The fraction of sp³-hybridized carbons (Fsp3) is 0.238. The van der Waals surface area contributed by atoms with Gasteiger partial charge in [0.25, 0.3) is 0 Å². The molecule has 1 aliphatic rings. The molecule has 29 heavy (non-hydrogen) atoms. The Morgan fingerprint density at radius 2 is 2.21 bits per heavy atom. The first kappa shape index (κ1) is 19.1. The van der Waals surface area contributed by atoms with E-state index in [0.29, 0.717) is 17.4 Å². The highest BCUT2D eigenvalue weighted by Gasteiger charge is 2.35. The van der Waals surface area contributed by atoms with Crippen LogP contribution in [0.5, 0.6) is 0 Å². The molecular formula is C21H15BrFN2O2S2-. The molecule has 2 aromatic carbocycles. The minimum absolute atomic E-state index is 0.181. The van der Waals surface area contributed by atoms with E-state index in [1.54, 1.807) is 18.3 Å². The lowest BCUT2D eigenvalue weighted by molar-refractivity contribution is -0.311. The number of halogens is 2. The molecule has 2 unspecified atom stereocenters. The molecule has 0 bridgehead atoms. The number of aromatic nitrogens is 2. The molecule has 8 heteroatoms. The van der Waals surface area contributed by atoms with Crippen molar-refractivity contribution in [3.05, 3.63) is 52.4 Å². The van der Waals surface area contributed by atoms with Crippen molar-refractivity contribution in [1.29, 1.82) is 0 Å². The Bertz CT molecular complexity index is 1250. The van der Waals surface area contributed by atoms with Crippen LogP contribution in [0.3, 0.4) is 0 Å². The zero-order valence-electron chi connectivity index (χ0n) is 15.3. The summed E-state index contributed by atoms with van der Waals surface area (Å²) < 4.78 is 18.9. The Labute approximate surface area is 182 Å². The smallest absolute Gasteiger partial charge is 0.155 e. The lowest BCUT2D eigenvalue weighted by atomic mass is 9.90. The highest BCUT2D eigenvalue weighted by atomic mass is 79.9. The Hall–Kier alpha value is -1.90. The third kappa shape index (κ3) is 3.08. The highest BCUT2D eigenvalue weighted by molar-refractivity contribution is 9.10. The molecule has 4 aromatic rings. The van der Waals surface area contributed by atoms with Crippen molar-refractivity contribution in [2.75, 3.05) is 0 Å². The number of aryl methyl sites for hydroxylation is 1. The number of carbonyl (C=O) groups is 1. The van der Waals surface area contributed by atoms with Gasteiger partial charge in [0.05, 0.1) is 15.7 Å². The second kappa shape index (κ2) is 7.11. The summed E-state index contributed by atoms with van der Waals surface area (Å²) in [6, 6.07) is 10.9. The lowest BCUT2D eigenvalue weighted by Crippen LogP contribution is -2.32. The molecule has 3 heterocycles. The molecule has 0 amide bonds. The third-order valence-electron chi connectivity index (χ3n) is 5.53. The monoisotopic (exact) mass is 489 g/mol. The minimum Gasteiger partial charge on any atom is -0.550 e. The summed E-state index contributed by atoms with van der Waals surface area (Å²) >= 11 is 6.65. The molecule has 0 fully saturated rings. The standard InChI is InChI=1S/C21H16BrFN2O2S2/c1-10(20(26)27)12-6-7-25-15-9-11(23)8-13(22)17(15)19(18(12)25)29-21-24-14-4-2-3-5-16(14)28-21/h2-5,8-10,12H,6-7H2,1H3,(H,26,27)/p-1. The van der Waals surface area contributed by atoms with Gasteiger partial charge in [-0.25, -0.2) is 9.37 Å². The molecule has 4 nitrogen and oxygen atoms in total. The van der Waals surface area contributed by atoms with Crippen LogP contribution in [0.15, 0.2) is 50.1 Å². The van der Waals surface area contributed by atoms with E-state index in [0.717, 1.165) is 36.0 Å². The summed E-state index contributed by atoms with van der Waals surface area (Å²) in [6.07, 6.45) is 0.696. The molecule has 2 aromatic heterocycles. The van der Waals surface area contributed by atoms with E-state index in [9.17, 15) is 14.3 Å².